The summed E-state index contributed by atoms with van der Waals surface area (Å²) in [5.41, 5.74) is 0.516. The average molecular weight is 392 g/mol. The van der Waals surface area contributed by atoms with Crippen molar-refractivity contribution in [3.05, 3.63) is 42.8 Å². The number of nitrogens with zero attached hydrogens (tertiary/aromatic N) is 3. The first kappa shape index (κ1) is 19.9. The Kier molecular flexibility index (Phi) is 5.89. The van der Waals surface area contributed by atoms with Crippen molar-refractivity contribution < 1.29 is 14.4 Å². The SMILES string of the molecule is C=CCC1(COc2ccc(-c3noc(C)n3)cc2)C(O)C2CCN1CC2.Cl. The lowest BCUT2D eigenvalue weighted by atomic mass is 9.70. The molecule has 7 heteroatoms. The summed E-state index contributed by atoms with van der Waals surface area (Å²) >= 11 is 0. The maximum Gasteiger partial charge on any atom is 0.223 e. The third-order valence-corrected chi connectivity index (χ3v) is 5.79. The molecular formula is C20H26ClN3O3. The van der Waals surface area contributed by atoms with Gasteiger partial charge in [0.05, 0.1) is 11.6 Å². The van der Waals surface area contributed by atoms with Crippen LogP contribution in [-0.4, -0.2) is 51.5 Å². The van der Waals surface area contributed by atoms with Crippen LogP contribution in [0.5, 0.6) is 5.75 Å². The monoisotopic (exact) mass is 391 g/mol. The van der Waals surface area contributed by atoms with Gasteiger partial charge in [0.2, 0.25) is 11.7 Å². The molecule has 0 amide bonds. The number of halogens is 1. The van der Waals surface area contributed by atoms with E-state index < -0.39 is 0 Å². The van der Waals surface area contributed by atoms with Crippen LogP contribution in [0.25, 0.3) is 11.4 Å². The molecule has 1 N–H and O–H groups in total. The lowest BCUT2D eigenvalue weighted by molar-refractivity contribution is -0.147. The van der Waals surface area contributed by atoms with Crippen molar-refractivity contribution in [3.63, 3.8) is 0 Å². The molecule has 6 nitrogen and oxygen atoms in total. The summed E-state index contributed by atoms with van der Waals surface area (Å²) in [6, 6.07) is 7.66. The first-order valence-electron chi connectivity index (χ1n) is 9.20. The number of aliphatic hydroxyl groups is 1. The van der Waals surface area contributed by atoms with E-state index in [0.717, 1.165) is 43.7 Å². The second-order valence-electron chi connectivity index (χ2n) is 7.32. The van der Waals surface area contributed by atoms with Crippen LogP contribution in [0.2, 0.25) is 0 Å². The summed E-state index contributed by atoms with van der Waals surface area (Å²) in [6.07, 6.45) is 4.39. The van der Waals surface area contributed by atoms with Crippen molar-refractivity contribution in [2.45, 2.75) is 37.8 Å². The molecule has 5 rings (SSSR count). The van der Waals surface area contributed by atoms with Gasteiger partial charge in [0.1, 0.15) is 12.4 Å². The normalized spacial score (nSPS) is 29.2. The Labute approximate surface area is 165 Å². The predicted octanol–water partition coefficient (Wildman–Crippen LogP) is 3.25. The Bertz CT molecular complexity index is 767. The van der Waals surface area contributed by atoms with Crippen molar-refractivity contribution in [2.75, 3.05) is 19.7 Å². The lowest BCUT2D eigenvalue weighted by Crippen LogP contribution is -2.69. The maximum atomic E-state index is 10.9. The van der Waals surface area contributed by atoms with Gasteiger partial charge in [-0.3, -0.25) is 4.90 Å². The number of aryl methyl sites for hydroxylation is 1. The quantitative estimate of drug-likeness (QED) is 0.762. The van der Waals surface area contributed by atoms with Crippen LogP contribution in [0.15, 0.2) is 41.4 Å². The minimum Gasteiger partial charge on any atom is -0.492 e. The van der Waals surface area contributed by atoms with Crippen LogP contribution in [0.1, 0.15) is 25.2 Å². The average Bonchev–Trinajstić information content (AvgIpc) is 3.11. The summed E-state index contributed by atoms with van der Waals surface area (Å²) < 4.78 is 11.1. The Hall–Kier alpha value is -1.89. The van der Waals surface area contributed by atoms with E-state index in [2.05, 4.69) is 21.6 Å². The van der Waals surface area contributed by atoms with E-state index >= 15 is 0 Å². The first-order valence-corrected chi connectivity index (χ1v) is 9.20. The number of fused-ring (bicyclic) bond motifs is 3. The van der Waals surface area contributed by atoms with Gasteiger partial charge in [-0.15, -0.1) is 19.0 Å². The van der Waals surface area contributed by atoms with Crippen molar-refractivity contribution in [1.82, 2.24) is 15.0 Å². The molecular weight excluding hydrogens is 366 g/mol. The molecule has 2 bridgehead atoms. The smallest absolute Gasteiger partial charge is 0.223 e. The Balaban J connectivity index is 0.00000210. The van der Waals surface area contributed by atoms with Gasteiger partial charge in [-0.1, -0.05) is 11.2 Å². The number of hydrogen-bond acceptors (Lipinski definition) is 6. The van der Waals surface area contributed by atoms with Gasteiger partial charge in [0.25, 0.3) is 0 Å². The molecule has 0 spiro atoms. The number of ether oxygens (including phenoxy) is 1. The zero-order valence-electron chi connectivity index (χ0n) is 15.5. The highest BCUT2D eigenvalue weighted by Gasteiger charge is 2.52. The molecule has 0 aliphatic carbocycles. The molecule has 3 aliphatic heterocycles. The summed E-state index contributed by atoms with van der Waals surface area (Å²) in [5.74, 6) is 2.25. The van der Waals surface area contributed by atoms with Gasteiger partial charge < -0.3 is 14.4 Å². The van der Waals surface area contributed by atoms with Crippen LogP contribution in [0.3, 0.4) is 0 Å². The molecule has 1 aromatic carbocycles. The highest BCUT2D eigenvalue weighted by Crippen LogP contribution is 2.42. The summed E-state index contributed by atoms with van der Waals surface area (Å²) in [6.45, 7) is 8.17. The van der Waals surface area contributed by atoms with Gasteiger partial charge in [-0.25, -0.2) is 0 Å². The molecule has 2 unspecified atom stereocenters. The van der Waals surface area contributed by atoms with E-state index in [4.69, 9.17) is 9.26 Å². The van der Waals surface area contributed by atoms with E-state index in [1.54, 1.807) is 6.92 Å². The van der Waals surface area contributed by atoms with E-state index in [-0.39, 0.29) is 24.0 Å². The molecule has 3 saturated heterocycles. The summed E-state index contributed by atoms with van der Waals surface area (Å²) in [7, 11) is 0. The fraction of sp³-hybridized carbons (Fsp3) is 0.500. The predicted molar refractivity (Wildman–Crippen MR) is 105 cm³/mol. The van der Waals surface area contributed by atoms with Crippen molar-refractivity contribution in [1.29, 1.82) is 0 Å². The topological polar surface area (TPSA) is 71.6 Å². The highest BCUT2D eigenvalue weighted by molar-refractivity contribution is 5.85. The van der Waals surface area contributed by atoms with E-state index in [0.29, 0.717) is 24.2 Å². The van der Waals surface area contributed by atoms with Crippen LogP contribution in [-0.2, 0) is 0 Å². The maximum absolute atomic E-state index is 10.9. The van der Waals surface area contributed by atoms with E-state index in [1.165, 1.54) is 0 Å². The third-order valence-electron chi connectivity index (χ3n) is 5.79. The number of aliphatic hydroxyl groups excluding tert-OH is 1. The van der Waals surface area contributed by atoms with Gasteiger partial charge in [0.15, 0.2) is 0 Å². The molecule has 2 atom stereocenters. The van der Waals surface area contributed by atoms with Crippen LogP contribution in [0.4, 0.5) is 0 Å². The van der Waals surface area contributed by atoms with Crippen LogP contribution in [0, 0.1) is 12.8 Å². The Morgan fingerprint density at radius 1 is 1.33 bits per heavy atom. The fourth-order valence-electron chi connectivity index (χ4n) is 4.35. The van der Waals surface area contributed by atoms with Crippen molar-refractivity contribution >= 4 is 12.4 Å². The van der Waals surface area contributed by atoms with Gasteiger partial charge in [-0.2, -0.15) is 4.98 Å². The second kappa shape index (κ2) is 8.00. The Morgan fingerprint density at radius 2 is 2.04 bits per heavy atom. The number of benzene rings is 1. The number of aromatic nitrogens is 2. The van der Waals surface area contributed by atoms with Crippen molar-refractivity contribution in [2.24, 2.45) is 5.92 Å². The third kappa shape index (κ3) is 3.61. The standard InChI is InChI=1S/C20H25N3O3.ClH/c1-3-10-20(18(24)15-8-11-23(20)12-9-15)13-25-17-6-4-16(5-7-17)19-21-14(2)26-22-19;/h3-7,15,18,24H,1,8-13H2,2H3;1H. The second-order valence-corrected chi connectivity index (χ2v) is 7.32. The van der Waals surface area contributed by atoms with E-state index in [1.807, 2.05) is 30.3 Å². The zero-order chi connectivity index (χ0) is 18.1. The van der Waals surface area contributed by atoms with Gasteiger partial charge >= 0.3 is 0 Å². The zero-order valence-corrected chi connectivity index (χ0v) is 16.3. The van der Waals surface area contributed by atoms with Crippen LogP contribution >= 0.6 is 12.4 Å². The molecule has 27 heavy (non-hydrogen) atoms. The number of rotatable bonds is 6. The molecule has 4 heterocycles. The largest absolute Gasteiger partial charge is 0.492 e. The lowest BCUT2D eigenvalue weighted by Gasteiger charge is -2.57. The minimum absolute atomic E-state index is 0. The van der Waals surface area contributed by atoms with Gasteiger partial charge in [-0.05, 0) is 62.5 Å². The molecule has 0 radical (unpaired) electrons. The summed E-state index contributed by atoms with van der Waals surface area (Å²) in [4.78, 5) is 6.62. The molecule has 0 saturated carbocycles. The molecule has 3 fully saturated rings. The van der Waals surface area contributed by atoms with E-state index in [9.17, 15) is 5.11 Å². The highest BCUT2D eigenvalue weighted by atomic mass is 35.5. The molecule has 146 valence electrons. The number of piperidine rings is 3. The number of hydrogen-bond donors (Lipinski definition) is 1. The fourth-order valence-corrected chi connectivity index (χ4v) is 4.35. The molecule has 2 aromatic rings. The van der Waals surface area contributed by atoms with Crippen LogP contribution < -0.4 is 4.74 Å². The minimum atomic E-state index is -0.371. The van der Waals surface area contributed by atoms with Crippen molar-refractivity contribution in [3.8, 4) is 17.1 Å². The molecule has 1 aromatic heterocycles. The first-order chi connectivity index (χ1) is 12.6. The summed E-state index contributed by atoms with van der Waals surface area (Å²) in [5, 5.41) is 14.8. The Morgan fingerprint density at radius 3 is 2.59 bits per heavy atom. The molecule has 3 aliphatic rings. The van der Waals surface area contributed by atoms with Gasteiger partial charge in [0, 0.05) is 12.5 Å².